The lowest BCUT2D eigenvalue weighted by molar-refractivity contribution is -0.136. The number of carboxylic acids is 1. The fourth-order valence-electron chi connectivity index (χ4n) is 3.33. The molecule has 32 heavy (non-hydrogen) atoms. The molecule has 0 bridgehead atoms. The quantitative estimate of drug-likeness (QED) is 0.319. The van der Waals surface area contributed by atoms with Crippen molar-refractivity contribution < 1.29 is 32.6 Å². The minimum atomic E-state index is -3.39. The molecule has 0 saturated heterocycles. The molecule has 3 rings (SSSR count). The molecule has 2 aromatic carbocycles. The van der Waals surface area contributed by atoms with Crippen LogP contribution < -0.4 is 14.8 Å². The van der Waals surface area contributed by atoms with Crippen LogP contribution in [0.25, 0.3) is 11.0 Å². The van der Waals surface area contributed by atoms with Crippen LogP contribution in [0.2, 0.25) is 0 Å². The van der Waals surface area contributed by atoms with Crippen LogP contribution in [-0.4, -0.2) is 50.6 Å². The second-order valence-electron chi connectivity index (χ2n) is 7.43. The van der Waals surface area contributed by atoms with Gasteiger partial charge in [-0.1, -0.05) is 12.1 Å². The highest BCUT2D eigenvalue weighted by Gasteiger charge is 2.14. The maximum absolute atomic E-state index is 11.3. The second-order valence-corrected chi connectivity index (χ2v) is 9.18. The summed E-state index contributed by atoms with van der Waals surface area (Å²) in [5.74, 6) is 0.254. The van der Waals surface area contributed by atoms with Crippen molar-refractivity contribution in [3.8, 4) is 5.75 Å². The van der Waals surface area contributed by atoms with Crippen LogP contribution in [0.15, 0.2) is 46.9 Å². The minimum absolute atomic E-state index is 0.0987. The molecule has 0 unspecified atom stereocenters. The number of fused-ring (bicyclic) bond motifs is 1. The van der Waals surface area contributed by atoms with Crippen molar-refractivity contribution in [1.82, 2.24) is 5.32 Å². The number of carboxylic acid groups (broad SMARTS) is 1. The third-order valence-electron chi connectivity index (χ3n) is 4.75. The number of anilines is 1. The molecular weight excluding hydrogens is 436 g/mol. The average molecular weight is 463 g/mol. The molecule has 1 heterocycles. The lowest BCUT2D eigenvalue weighted by Gasteiger charge is -2.14. The Morgan fingerprint density at radius 3 is 2.72 bits per heavy atom. The molecule has 0 amide bonds. The number of hydrogen-bond donors (Lipinski definition) is 4. The summed E-state index contributed by atoms with van der Waals surface area (Å²) in [5, 5.41) is 23.2. The topological polar surface area (TPSA) is 138 Å². The molecule has 0 aliphatic heterocycles. The van der Waals surface area contributed by atoms with Crippen LogP contribution in [0.4, 0.5) is 5.69 Å². The van der Waals surface area contributed by atoms with Crippen molar-refractivity contribution in [2.24, 2.45) is 0 Å². The monoisotopic (exact) mass is 462 g/mol. The van der Waals surface area contributed by atoms with Crippen LogP contribution in [0.1, 0.15) is 23.0 Å². The van der Waals surface area contributed by atoms with E-state index in [2.05, 4.69) is 10.0 Å². The highest BCUT2D eigenvalue weighted by molar-refractivity contribution is 7.92. The van der Waals surface area contributed by atoms with Gasteiger partial charge in [-0.15, -0.1) is 0 Å². The Morgan fingerprint density at radius 1 is 1.22 bits per heavy atom. The van der Waals surface area contributed by atoms with Gasteiger partial charge in [-0.2, -0.15) is 0 Å². The SMILES string of the molecule is Cc1oc2cc(OCCNC[C@H](O)c3cccc(NS(C)(=O)=O)c3)ccc2c1CC(=O)O. The number of furan rings is 1. The summed E-state index contributed by atoms with van der Waals surface area (Å²) in [7, 11) is -3.39. The van der Waals surface area contributed by atoms with E-state index in [4.69, 9.17) is 14.3 Å². The van der Waals surface area contributed by atoms with Gasteiger partial charge in [0.2, 0.25) is 10.0 Å². The normalized spacial score (nSPS) is 12.6. The maximum atomic E-state index is 11.3. The summed E-state index contributed by atoms with van der Waals surface area (Å²) in [5.41, 5.74) is 2.21. The van der Waals surface area contributed by atoms with Crippen LogP contribution in [-0.2, 0) is 21.2 Å². The summed E-state index contributed by atoms with van der Waals surface area (Å²) < 4.78 is 36.4. The van der Waals surface area contributed by atoms with E-state index in [-0.39, 0.29) is 13.0 Å². The summed E-state index contributed by atoms with van der Waals surface area (Å²) in [6.07, 6.45) is 0.155. The second kappa shape index (κ2) is 10.0. The van der Waals surface area contributed by atoms with Gasteiger partial charge in [0.15, 0.2) is 0 Å². The lowest BCUT2D eigenvalue weighted by atomic mass is 10.1. The Morgan fingerprint density at radius 2 is 2.00 bits per heavy atom. The van der Waals surface area contributed by atoms with Gasteiger partial charge in [-0.25, -0.2) is 8.42 Å². The molecule has 172 valence electrons. The number of carbonyl (C=O) groups is 1. The fraction of sp³-hybridized carbons (Fsp3) is 0.318. The number of aryl methyl sites for hydroxylation is 1. The van der Waals surface area contributed by atoms with Crippen LogP contribution in [0.3, 0.4) is 0 Å². The standard InChI is InChI=1S/C22H26N2O7S/c1-14-19(12-22(26)27)18-7-6-17(11-21(18)31-14)30-9-8-23-13-20(25)15-4-3-5-16(10-15)24-32(2,28)29/h3-7,10-11,20,23-25H,8-9,12-13H2,1-2H3,(H,26,27)/t20-/m0/s1. The van der Waals surface area contributed by atoms with Crippen molar-refractivity contribution in [2.45, 2.75) is 19.4 Å². The number of aliphatic hydroxyl groups is 1. The Balaban J connectivity index is 1.49. The van der Waals surface area contributed by atoms with E-state index in [1.807, 2.05) is 0 Å². The average Bonchev–Trinajstić information content (AvgIpc) is 3.00. The molecule has 0 fully saturated rings. The van der Waals surface area contributed by atoms with E-state index in [1.165, 1.54) is 0 Å². The van der Waals surface area contributed by atoms with Crippen molar-refractivity contribution in [1.29, 1.82) is 0 Å². The van der Waals surface area contributed by atoms with Gasteiger partial charge in [-0.05, 0) is 36.8 Å². The third kappa shape index (κ3) is 6.46. The minimum Gasteiger partial charge on any atom is -0.492 e. The van der Waals surface area contributed by atoms with Crippen molar-refractivity contribution >= 4 is 32.6 Å². The van der Waals surface area contributed by atoms with Gasteiger partial charge in [-0.3, -0.25) is 9.52 Å². The Kier molecular flexibility index (Phi) is 7.39. The number of sulfonamides is 1. The van der Waals surface area contributed by atoms with E-state index in [9.17, 15) is 18.3 Å². The number of benzene rings is 2. The van der Waals surface area contributed by atoms with E-state index >= 15 is 0 Å². The summed E-state index contributed by atoms with van der Waals surface area (Å²) in [6.45, 7) is 2.81. The molecule has 1 atom stereocenters. The number of aliphatic carboxylic acids is 1. The fourth-order valence-corrected chi connectivity index (χ4v) is 3.89. The summed E-state index contributed by atoms with van der Waals surface area (Å²) >= 11 is 0. The highest BCUT2D eigenvalue weighted by atomic mass is 32.2. The molecule has 9 nitrogen and oxygen atoms in total. The van der Waals surface area contributed by atoms with Crippen LogP contribution in [0.5, 0.6) is 5.75 Å². The molecule has 0 saturated carbocycles. The first-order valence-electron chi connectivity index (χ1n) is 9.95. The van der Waals surface area contributed by atoms with Gasteiger partial charge in [0, 0.05) is 35.8 Å². The Hall–Kier alpha value is -3.08. The number of nitrogens with one attached hydrogen (secondary N) is 2. The number of hydrogen-bond acceptors (Lipinski definition) is 7. The van der Waals surface area contributed by atoms with Crippen molar-refractivity contribution in [3.63, 3.8) is 0 Å². The van der Waals surface area contributed by atoms with Crippen LogP contribution >= 0.6 is 0 Å². The molecule has 0 spiro atoms. The zero-order valence-corrected chi connectivity index (χ0v) is 18.6. The third-order valence-corrected chi connectivity index (χ3v) is 5.36. The molecule has 0 aliphatic carbocycles. The van der Waals surface area contributed by atoms with E-state index in [0.29, 0.717) is 47.1 Å². The molecule has 3 aromatic rings. The number of aliphatic hydroxyl groups excluding tert-OH is 1. The largest absolute Gasteiger partial charge is 0.492 e. The van der Waals surface area contributed by atoms with E-state index in [1.54, 1.807) is 49.4 Å². The lowest BCUT2D eigenvalue weighted by Crippen LogP contribution is -2.26. The molecule has 1 aromatic heterocycles. The smallest absolute Gasteiger partial charge is 0.307 e. The van der Waals surface area contributed by atoms with Crippen LogP contribution in [0, 0.1) is 6.92 Å². The van der Waals surface area contributed by atoms with Gasteiger partial charge >= 0.3 is 5.97 Å². The van der Waals surface area contributed by atoms with Gasteiger partial charge < -0.3 is 24.7 Å². The Labute approximate surface area is 186 Å². The molecule has 10 heteroatoms. The van der Waals surface area contributed by atoms with E-state index in [0.717, 1.165) is 11.6 Å². The van der Waals surface area contributed by atoms with Crippen molar-refractivity contribution in [3.05, 3.63) is 59.4 Å². The van der Waals surface area contributed by atoms with Crippen molar-refractivity contribution in [2.75, 3.05) is 30.7 Å². The predicted molar refractivity (Wildman–Crippen MR) is 121 cm³/mol. The van der Waals surface area contributed by atoms with Gasteiger partial charge in [0.25, 0.3) is 0 Å². The molecule has 0 radical (unpaired) electrons. The molecule has 4 N–H and O–H groups in total. The van der Waals surface area contributed by atoms with Gasteiger partial charge in [0.05, 0.1) is 18.8 Å². The maximum Gasteiger partial charge on any atom is 0.307 e. The van der Waals surface area contributed by atoms with Gasteiger partial charge in [0.1, 0.15) is 23.7 Å². The first-order chi connectivity index (χ1) is 15.1. The first-order valence-corrected chi connectivity index (χ1v) is 11.8. The predicted octanol–water partition coefficient (Wildman–Crippen LogP) is 2.44. The summed E-state index contributed by atoms with van der Waals surface area (Å²) in [4.78, 5) is 11.0. The van der Waals surface area contributed by atoms with E-state index < -0.39 is 22.1 Å². The Bertz CT molecular complexity index is 1200. The summed E-state index contributed by atoms with van der Waals surface area (Å²) in [6, 6.07) is 11.9. The number of ether oxygens (including phenoxy) is 1. The molecule has 0 aliphatic rings. The zero-order valence-electron chi connectivity index (χ0n) is 17.8. The molecular formula is C22H26N2O7S. The highest BCUT2D eigenvalue weighted by Crippen LogP contribution is 2.29. The first kappa shape index (κ1) is 23.6. The zero-order chi connectivity index (χ0) is 23.3. The number of rotatable bonds is 11.